The lowest BCUT2D eigenvalue weighted by atomic mass is 10.1. The maximum Gasteiger partial charge on any atom is 0.416 e. The molecule has 0 bridgehead atoms. The van der Waals surface area contributed by atoms with Crippen molar-refractivity contribution < 1.29 is 26.4 Å². The molecule has 2 heterocycles. The first-order valence-corrected chi connectivity index (χ1v) is 10.9. The van der Waals surface area contributed by atoms with E-state index in [4.69, 9.17) is 0 Å². The van der Waals surface area contributed by atoms with Gasteiger partial charge in [0.25, 0.3) is 10.0 Å². The van der Waals surface area contributed by atoms with Gasteiger partial charge in [-0.25, -0.2) is 8.42 Å². The van der Waals surface area contributed by atoms with Crippen LogP contribution in [0.3, 0.4) is 0 Å². The summed E-state index contributed by atoms with van der Waals surface area (Å²) in [7, 11) is -3.75. The average Bonchev–Trinajstić information content (AvgIpc) is 3.29. The number of benzene rings is 1. The second-order valence-corrected chi connectivity index (χ2v) is 9.96. The Morgan fingerprint density at radius 1 is 1.21 bits per heavy atom. The average molecular weight is 432 g/mol. The number of thiophene rings is 1. The molecular formula is C18H19F3N2O3S2. The lowest BCUT2D eigenvalue weighted by molar-refractivity contribution is -0.137. The molecule has 0 aliphatic carbocycles. The Morgan fingerprint density at radius 2 is 1.89 bits per heavy atom. The smallest absolute Gasteiger partial charge is 0.351 e. The van der Waals surface area contributed by atoms with Gasteiger partial charge in [0, 0.05) is 18.0 Å². The molecule has 1 atom stereocenters. The van der Waals surface area contributed by atoms with Gasteiger partial charge in [0.2, 0.25) is 5.91 Å². The van der Waals surface area contributed by atoms with Crippen molar-refractivity contribution >= 4 is 27.3 Å². The van der Waals surface area contributed by atoms with Gasteiger partial charge >= 0.3 is 6.18 Å². The third-order valence-corrected chi connectivity index (χ3v) is 7.91. The van der Waals surface area contributed by atoms with E-state index in [-0.39, 0.29) is 17.3 Å². The van der Waals surface area contributed by atoms with Crippen molar-refractivity contribution in [2.45, 2.75) is 42.7 Å². The Balaban J connectivity index is 1.67. The fraction of sp³-hybridized carbons (Fsp3) is 0.389. The highest BCUT2D eigenvalue weighted by Gasteiger charge is 2.40. The van der Waals surface area contributed by atoms with Gasteiger partial charge in [-0.15, -0.1) is 11.3 Å². The number of carbonyl (C=O) groups is 1. The van der Waals surface area contributed by atoms with Crippen LogP contribution in [0.1, 0.15) is 28.8 Å². The van der Waals surface area contributed by atoms with Crippen LogP contribution in [-0.4, -0.2) is 31.2 Å². The lowest BCUT2D eigenvalue weighted by Crippen LogP contribution is -2.45. The molecule has 2 aromatic rings. The molecule has 1 aliphatic heterocycles. The Morgan fingerprint density at radius 3 is 2.46 bits per heavy atom. The minimum atomic E-state index is -4.42. The number of rotatable bonds is 5. The van der Waals surface area contributed by atoms with Crippen molar-refractivity contribution in [2.75, 3.05) is 6.54 Å². The van der Waals surface area contributed by atoms with E-state index in [0.717, 1.165) is 28.3 Å². The number of hydrogen-bond acceptors (Lipinski definition) is 4. The zero-order valence-corrected chi connectivity index (χ0v) is 16.6. The molecule has 0 radical (unpaired) electrons. The fourth-order valence-electron chi connectivity index (χ4n) is 3.07. The van der Waals surface area contributed by atoms with E-state index in [0.29, 0.717) is 18.4 Å². The number of nitrogens with one attached hydrogen (secondary N) is 1. The van der Waals surface area contributed by atoms with Crippen LogP contribution >= 0.6 is 11.3 Å². The Hall–Kier alpha value is -1.91. The van der Waals surface area contributed by atoms with E-state index < -0.39 is 33.7 Å². The molecule has 1 N–H and O–H groups in total. The summed E-state index contributed by atoms with van der Waals surface area (Å²) in [6.07, 6.45) is -3.44. The number of aryl methyl sites for hydroxylation is 1. The van der Waals surface area contributed by atoms with Gasteiger partial charge in [-0.05, 0) is 49.6 Å². The molecule has 1 aromatic carbocycles. The number of halogens is 3. The molecule has 1 saturated heterocycles. The fourth-order valence-corrected chi connectivity index (χ4v) is 6.14. The van der Waals surface area contributed by atoms with Crippen LogP contribution in [0.25, 0.3) is 0 Å². The first kappa shape index (κ1) is 20.8. The van der Waals surface area contributed by atoms with Gasteiger partial charge in [-0.3, -0.25) is 4.79 Å². The summed E-state index contributed by atoms with van der Waals surface area (Å²) in [6.45, 7) is 2.10. The van der Waals surface area contributed by atoms with Gasteiger partial charge in [0.15, 0.2) is 0 Å². The first-order valence-electron chi connectivity index (χ1n) is 8.61. The minimum Gasteiger partial charge on any atom is -0.351 e. The second kappa shape index (κ2) is 7.84. The van der Waals surface area contributed by atoms with Crippen molar-refractivity contribution in [1.82, 2.24) is 9.62 Å². The van der Waals surface area contributed by atoms with Crippen LogP contribution in [-0.2, 0) is 27.5 Å². The Kier molecular flexibility index (Phi) is 5.83. The van der Waals surface area contributed by atoms with Crippen LogP contribution < -0.4 is 5.32 Å². The van der Waals surface area contributed by atoms with E-state index in [1.807, 2.05) is 6.92 Å². The Labute approximate surface area is 165 Å². The monoisotopic (exact) mass is 432 g/mol. The number of hydrogen-bond donors (Lipinski definition) is 1. The molecule has 0 unspecified atom stereocenters. The summed E-state index contributed by atoms with van der Waals surface area (Å²) in [5, 5.41) is 2.63. The van der Waals surface area contributed by atoms with E-state index in [2.05, 4.69) is 5.32 Å². The maximum absolute atomic E-state index is 12.8. The van der Waals surface area contributed by atoms with E-state index in [1.165, 1.54) is 22.5 Å². The minimum absolute atomic E-state index is 0.0273. The van der Waals surface area contributed by atoms with Crippen molar-refractivity contribution in [1.29, 1.82) is 0 Å². The third kappa shape index (κ3) is 4.39. The molecule has 10 heteroatoms. The van der Waals surface area contributed by atoms with Gasteiger partial charge < -0.3 is 5.32 Å². The lowest BCUT2D eigenvalue weighted by Gasteiger charge is -2.22. The Bertz CT molecular complexity index is 953. The van der Waals surface area contributed by atoms with Crippen molar-refractivity contribution in [2.24, 2.45) is 0 Å². The quantitative estimate of drug-likeness (QED) is 0.786. The van der Waals surface area contributed by atoms with Crippen LogP contribution in [0.2, 0.25) is 0 Å². The summed E-state index contributed by atoms with van der Waals surface area (Å²) in [6, 6.07) is 6.92. The van der Waals surface area contributed by atoms with Gasteiger partial charge in [0.1, 0.15) is 10.3 Å². The molecule has 0 spiro atoms. The molecular weight excluding hydrogens is 413 g/mol. The highest BCUT2D eigenvalue weighted by molar-refractivity contribution is 7.91. The number of nitrogens with zero attached hydrogens (tertiary/aromatic N) is 1. The topological polar surface area (TPSA) is 66.5 Å². The highest BCUT2D eigenvalue weighted by Crippen LogP contribution is 2.31. The highest BCUT2D eigenvalue weighted by atomic mass is 32.2. The maximum atomic E-state index is 12.8. The van der Waals surface area contributed by atoms with Crippen LogP contribution in [0.4, 0.5) is 13.2 Å². The molecule has 1 aliphatic rings. The molecule has 5 nitrogen and oxygen atoms in total. The standard InChI is InChI=1S/C18H19F3N2O3S2/c1-12-4-9-16(27-12)28(25,26)23-10-2-3-15(23)17(24)22-11-13-5-7-14(8-6-13)18(19,20)21/h4-9,15H,2-3,10-11H2,1H3,(H,22,24)/t15-/m0/s1. The van der Waals surface area contributed by atoms with Crippen molar-refractivity contribution in [3.8, 4) is 0 Å². The molecule has 1 fully saturated rings. The molecule has 3 rings (SSSR count). The summed E-state index contributed by atoms with van der Waals surface area (Å²) in [5.74, 6) is -0.450. The van der Waals surface area contributed by atoms with E-state index >= 15 is 0 Å². The number of carbonyl (C=O) groups excluding carboxylic acids is 1. The number of alkyl halides is 3. The SMILES string of the molecule is Cc1ccc(S(=O)(=O)N2CCC[C@H]2C(=O)NCc2ccc(C(F)(F)F)cc2)s1. The zero-order chi connectivity index (χ0) is 20.5. The van der Waals surface area contributed by atoms with Crippen molar-refractivity contribution in [3.05, 3.63) is 52.4 Å². The van der Waals surface area contributed by atoms with Crippen LogP contribution in [0.5, 0.6) is 0 Å². The van der Waals surface area contributed by atoms with Crippen molar-refractivity contribution in [3.63, 3.8) is 0 Å². The molecule has 28 heavy (non-hydrogen) atoms. The molecule has 1 amide bonds. The summed E-state index contributed by atoms with van der Waals surface area (Å²) in [5.41, 5.74) is -0.260. The van der Waals surface area contributed by atoms with E-state index in [1.54, 1.807) is 6.07 Å². The number of sulfonamides is 1. The summed E-state index contributed by atoms with van der Waals surface area (Å²) >= 11 is 1.16. The zero-order valence-electron chi connectivity index (χ0n) is 15.0. The second-order valence-electron chi connectivity index (χ2n) is 6.55. The molecule has 0 saturated carbocycles. The first-order chi connectivity index (χ1) is 13.1. The summed E-state index contributed by atoms with van der Waals surface area (Å²) < 4.78 is 64.9. The van der Waals surface area contributed by atoms with Gasteiger partial charge in [-0.2, -0.15) is 17.5 Å². The summed E-state index contributed by atoms with van der Waals surface area (Å²) in [4.78, 5) is 13.4. The molecule has 1 aromatic heterocycles. The predicted octanol–water partition coefficient (Wildman–Crippen LogP) is 3.54. The van der Waals surface area contributed by atoms with Crippen LogP contribution in [0, 0.1) is 6.92 Å². The van der Waals surface area contributed by atoms with Gasteiger partial charge in [0.05, 0.1) is 5.56 Å². The molecule has 152 valence electrons. The van der Waals surface area contributed by atoms with Crippen LogP contribution in [0.15, 0.2) is 40.6 Å². The van der Waals surface area contributed by atoms with E-state index in [9.17, 15) is 26.4 Å². The largest absolute Gasteiger partial charge is 0.416 e. The predicted molar refractivity (Wildman–Crippen MR) is 99.3 cm³/mol. The van der Waals surface area contributed by atoms with Gasteiger partial charge in [-0.1, -0.05) is 12.1 Å². The third-order valence-electron chi connectivity index (χ3n) is 4.53. The number of amides is 1. The normalized spacial score (nSPS) is 18.4.